The van der Waals surface area contributed by atoms with Gasteiger partial charge in [-0.2, -0.15) is 13.2 Å². The molecule has 0 aliphatic rings. The average Bonchev–Trinajstić information content (AvgIpc) is 2.41. The molecule has 0 saturated carbocycles. The van der Waals surface area contributed by atoms with Crippen molar-refractivity contribution in [3.8, 4) is 5.75 Å². The van der Waals surface area contributed by atoms with Crippen LogP contribution in [-0.4, -0.2) is 36.7 Å². The summed E-state index contributed by atoms with van der Waals surface area (Å²) in [4.78, 5) is 12.6. The number of halogens is 5. The Balaban J connectivity index is 2.65. The van der Waals surface area contributed by atoms with Crippen molar-refractivity contribution in [3.63, 3.8) is 0 Å². The normalized spacial score (nSPS) is 11.4. The zero-order valence-electron chi connectivity index (χ0n) is 11.9. The smallest absolute Gasteiger partial charge is 0.406 e. The van der Waals surface area contributed by atoms with Crippen molar-refractivity contribution in [1.29, 1.82) is 0 Å². The minimum Gasteiger partial charge on any atom is -0.482 e. The number of rotatable bonds is 7. The van der Waals surface area contributed by atoms with Gasteiger partial charge in [0.1, 0.15) is 18.1 Å². The topological polar surface area (TPSA) is 29.5 Å². The van der Waals surface area contributed by atoms with Gasteiger partial charge in [-0.25, -0.2) is 4.39 Å². The first-order valence-electron chi connectivity index (χ1n) is 6.65. The molecule has 0 aliphatic carbocycles. The predicted molar refractivity (Wildman–Crippen MR) is 74.4 cm³/mol. The highest BCUT2D eigenvalue weighted by atomic mass is 35.5. The number of nitrogens with zero attached hydrogens (tertiary/aromatic N) is 1. The number of carbonyl (C=O) groups is 1. The van der Waals surface area contributed by atoms with E-state index in [0.717, 1.165) is 12.1 Å². The van der Waals surface area contributed by atoms with Crippen LogP contribution in [0.15, 0.2) is 18.2 Å². The first-order valence-corrected chi connectivity index (χ1v) is 7.03. The van der Waals surface area contributed by atoms with Crippen LogP contribution < -0.4 is 4.74 Å². The molecule has 0 bridgehead atoms. The molecule has 0 saturated heterocycles. The highest BCUT2D eigenvalue weighted by Crippen LogP contribution is 2.25. The van der Waals surface area contributed by atoms with Gasteiger partial charge in [-0.05, 0) is 24.6 Å². The first-order chi connectivity index (χ1) is 10.2. The van der Waals surface area contributed by atoms with E-state index in [4.69, 9.17) is 16.3 Å². The van der Waals surface area contributed by atoms with E-state index in [1.54, 1.807) is 0 Å². The number of amides is 1. The first kappa shape index (κ1) is 18.5. The van der Waals surface area contributed by atoms with E-state index in [1.807, 2.05) is 6.92 Å². The van der Waals surface area contributed by atoms with Crippen LogP contribution in [0.3, 0.4) is 0 Å². The molecule has 0 heterocycles. The molecule has 1 rings (SSSR count). The summed E-state index contributed by atoms with van der Waals surface area (Å²) in [7, 11) is 0. The maximum Gasteiger partial charge on any atom is 0.406 e. The number of alkyl halides is 3. The molecule has 22 heavy (non-hydrogen) atoms. The standard InChI is InChI=1S/C14H16ClF4NO2/c1-2-3-6-20(9-14(17,18)19)13(21)8-22-12-5-4-10(16)7-11(12)15/h4-5,7H,2-3,6,8-9H2,1H3. The number of hydrogen-bond donors (Lipinski definition) is 0. The number of hydrogen-bond acceptors (Lipinski definition) is 2. The van der Waals surface area contributed by atoms with Crippen molar-refractivity contribution in [2.24, 2.45) is 0 Å². The second-order valence-corrected chi connectivity index (χ2v) is 5.05. The van der Waals surface area contributed by atoms with E-state index in [0.29, 0.717) is 17.7 Å². The van der Waals surface area contributed by atoms with Gasteiger partial charge < -0.3 is 9.64 Å². The van der Waals surface area contributed by atoms with Gasteiger partial charge in [0.25, 0.3) is 5.91 Å². The summed E-state index contributed by atoms with van der Waals surface area (Å²) in [6.45, 7) is -0.113. The fraction of sp³-hybridized carbons (Fsp3) is 0.500. The Morgan fingerprint density at radius 3 is 2.59 bits per heavy atom. The number of benzene rings is 1. The Morgan fingerprint density at radius 1 is 1.36 bits per heavy atom. The summed E-state index contributed by atoms with van der Waals surface area (Å²) >= 11 is 5.71. The Hall–Kier alpha value is -1.50. The van der Waals surface area contributed by atoms with Crippen molar-refractivity contribution in [3.05, 3.63) is 29.0 Å². The molecule has 1 aromatic rings. The van der Waals surface area contributed by atoms with Gasteiger partial charge in [0.15, 0.2) is 6.61 Å². The van der Waals surface area contributed by atoms with Crippen molar-refractivity contribution in [2.75, 3.05) is 19.7 Å². The Kier molecular flexibility index (Phi) is 6.93. The Morgan fingerprint density at radius 2 is 2.05 bits per heavy atom. The van der Waals surface area contributed by atoms with E-state index >= 15 is 0 Å². The summed E-state index contributed by atoms with van der Waals surface area (Å²) in [5, 5.41) is -0.0521. The van der Waals surface area contributed by atoms with Crippen LogP contribution in [0.2, 0.25) is 5.02 Å². The van der Waals surface area contributed by atoms with Crippen LogP contribution in [0.5, 0.6) is 5.75 Å². The van der Waals surface area contributed by atoms with E-state index in [2.05, 4.69) is 0 Å². The van der Waals surface area contributed by atoms with Gasteiger partial charge in [0.05, 0.1) is 5.02 Å². The molecule has 0 N–H and O–H groups in total. The predicted octanol–water partition coefficient (Wildman–Crippen LogP) is 4.05. The Labute approximate surface area is 130 Å². The molecular weight excluding hydrogens is 326 g/mol. The Bertz CT molecular complexity index is 508. The van der Waals surface area contributed by atoms with Crippen molar-refractivity contribution >= 4 is 17.5 Å². The van der Waals surface area contributed by atoms with Crippen molar-refractivity contribution < 1.29 is 27.1 Å². The van der Waals surface area contributed by atoms with Gasteiger partial charge in [-0.15, -0.1) is 0 Å². The summed E-state index contributed by atoms with van der Waals surface area (Å²) in [6.07, 6.45) is -3.36. The van der Waals surface area contributed by atoms with Gasteiger partial charge >= 0.3 is 6.18 Å². The summed E-state index contributed by atoms with van der Waals surface area (Å²) in [5.41, 5.74) is 0. The molecule has 8 heteroatoms. The molecule has 0 aliphatic heterocycles. The third-order valence-electron chi connectivity index (χ3n) is 2.75. The van der Waals surface area contributed by atoms with Gasteiger partial charge in [0, 0.05) is 6.54 Å². The molecule has 0 unspecified atom stereocenters. The molecule has 0 spiro atoms. The molecule has 0 fully saturated rings. The zero-order valence-corrected chi connectivity index (χ0v) is 12.7. The third kappa shape index (κ3) is 6.51. The van der Waals surface area contributed by atoms with Crippen LogP contribution in [0, 0.1) is 5.82 Å². The second-order valence-electron chi connectivity index (χ2n) is 4.65. The van der Waals surface area contributed by atoms with E-state index in [1.165, 1.54) is 6.07 Å². The van der Waals surface area contributed by atoms with Gasteiger partial charge in [-0.1, -0.05) is 24.9 Å². The lowest BCUT2D eigenvalue weighted by Crippen LogP contribution is -2.42. The maximum absolute atomic E-state index is 12.9. The highest BCUT2D eigenvalue weighted by Gasteiger charge is 2.32. The van der Waals surface area contributed by atoms with Crippen molar-refractivity contribution in [1.82, 2.24) is 4.90 Å². The third-order valence-corrected chi connectivity index (χ3v) is 3.04. The molecule has 0 atom stereocenters. The maximum atomic E-state index is 12.9. The van der Waals surface area contributed by atoms with Crippen LogP contribution in [0.1, 0.15) is 19.8 Å². The summed E-state index contributed by atoms with van der Waals surface area (Å²) in [5.74, 6) is -1.34. The molecule has 0 radical (unpaired) electrons. The van der Waals surface area contributed by atoms with Crippen LogP contribution in [-0.2, 0) is 4.79 Å². The van der Waals surface area contributed by atoms with Crippen LogP contribution >= 0.6 is 11.6 Å². The van der Waals surface area contributed by atoms with Crippen LogP contribution in [0.4, 0.5) is 17.6 Å². The minimum atomic E-state index is -4.48. The van der Waals surface area contributed by atoms with E-state index in [9.17, 15) is 22.4 Å². The highest BCUT2D eigenvalue weighted by molar-refractivity contribution is 6.32. The summed E-state index contributed by atoms with van der Waals surface area (Å²) in [6, 6.07) is 3.28. The lowest BCUT2D eigenvalue weighted by atomic mass is 10.3. The quantitative estimate of drug-likeness (QED) is 0.700. The number of unbranched alkanes of at least 4 members (excludes halogenated alkanes) is 1. The molecule has 1 aromatic carbocycles. The second kappa shape index (κ2) is 8.22. The van der Waals surface area contributed by atoms with Gasteiger partial charge in [-0.3, -0.25) is 4.79 Å². The number of carbonyl (C=O) groups excluding carboxylic acids is 1. The lowest BCUT2D eigenvalue weighted by molar-refractivity contribution is -0.162. The average molecular weight is 342 g/mol. The fourth-order valence-electron chi connectivity index (χ4n) is 1.68. The monoisotopic (exact) mass is 341 g/mol. The summed E-state index contributed by atoms with van der Waals surface area (Å²) < 4.78 is 55.3. The zero-order chi connectivity index (χ0) is 16.8. The van der Waals surface area contributed by atoms with E-state index in [-0.39, 0.29) is 17.3 Å². The molecular formula is C14H16ClF4NO2. The fourth-order valence-corrected chi connectivity index (χ4v) is 1.90. The molecule has 1 amide bonds. The van der Waals surface area contributed by atoms with Gasteiger partial charge in [0.2, 0.25) is 0 Å². The SMILES string of the molecule is CCCCN(CC(F)(F)F)C(=O)COc1ccc(F)cc1Cl. The number of ether oxygens (including phenoxy) is 1. The molecule has 0 aromatic heterocycles. The molecule has 124 valence electrons. The minimum absolute atomic E-state index is 0.00461. The van der Waals surface area contributed by atoms with E-state index < -0.39 is 31.1 Å². The molecule has 3 nitrogen and oxygen atoms in total. The van der Waals surface area contributed by atoms with Crippen molar-refractivity contribution in [2.45, 2.75) is 25.9 Å². The largest absolute Gasteiger partial charge is 0.482 e. The van der Waals surface area contributed by atoms with Crippen LogP contribution in [0.25, 0.3) is 0 Å². The lowest BCUT2D eigenvalue weighted by Gasteiger charge is -2.24.